The molecule has 1 aliphatic heterocycles. The van der Waals surface area contributed by atoms with E-state index in [1.165, 1.54) is 11.3 Å². The van der Waals surface area contributed by atoms with Crippen LogP contribution in [0.1, 0.15) is 55.2 Å². The standard InChI is InChI=1S/C22H27N3O3S2/c1-3-25(17(2)19-9-7-18(16-23)8-10-19)21(26)15-20-11-12-22(29-20)30(27,28)24-13-5-4-6-14-24/h7-12,17H,3-6,13-15H2,1-2H3. The van der Waals surface area contributed by atoms with Gasteiger partial charge in [-0.2, -0.15) is 9.57 Å². The molecular formula is C22H27N3O3S2. The average molecular weight is 446 g/mol. The van der Waals surface area contributed by atoms with Crippen molar-refractivity contribution in [1.29, 1.82) is 5.26 Å². The first-order valence-electron chi connectivity index (χ1n) is 10.2. The molecule has 3 rings (SSSR count). The van der Waals surface area contributed by atoms with Gasteiger partial charge in [0, 0.05) is 24.5 Å². The quantitative estimate of drug-likeness (QED) is 0.646. The lowest BCUT2D eigenvalue weighted by molar-refractivity contribution is -0.132. The van der Waals surface area contributed by atoms with Crippen molar-refractivity contribution in [3.8, 4) is 6.07 Å². The van der Waals surface area contributed by atoms with Gasteiger partial charge < -0.3 is 4.90 Å². The fraction of sp³-hybridized carbons (Fsp3) is 0.455. The number of carbonyl (C=O) groups is 1. The number of nitriles is 1. The second-order valence-corrected chi connectivity index (χ2v) is 10.8. The van der Waals surface area contributed by atoms with Crippen molar-refractivity contribution in [3.63, 3.8) is 0 Å². The molecule has 8 heteroatoms. The summed E-state index contributed by atoms with van der Waals surface area (Å²) in [6.45, 7) is 5.58. The Balaban J connectivity index is 1.70. The third-order valence-corrected chi connectivity index (χ3v) is 8.97. The van der Waals surface area contributed by atoms with Crippen molar-refractivity contribution in [2.75, 3.05) is 19.6 Å². The van der Waals surface area contributed by atoms with Crippen LogP contribution in [0.2, 0.25) is 0 Å². The van der Waals surface area contributed by atoms with Gasteiger partial charge in [-0.15, -0.1) is 11.3 Å². The van der Waals surface area contributed by atoms with Crippen LogP contribution in [-0.2, 0) is 21.2 Å². The minimum absolute atomic E-state index is 0.0434. The fourth-order valence-corrected chi connectivity index (χ4v) is 6.78. The Morgan fingerprint density at radius 2 is 1.83 bits per heavy atom. The maximum absolute atomic E-state index is 13.0. The number of likely N-dealkylation sites (N-methyl/N-ethyl adjacent to an activating group) is 1. The molecule has 0 aliphatic carbocycles. The highest BCUT2D eigenvalue weighted by atomic mass is 32.2. The molecule has 1 atom stereocenters. The summed E-state index contributed by atoms with van der Waals surface area (Å²) < 4.78 is 27.5. The van der Waals surface area contributed by atoms with Gasteiger partial charge in [0.25, 0.3) is 10.0 Å². The zero-order chi connectivity index (χ0) is 21.7. The molecule has 160 valence electrons. The van der Waals surface area contributed by atoms with Gasteiger partial charge in [-0.05, 0) is 56.5 Å². The Bertz CT molecular complexity index is 1020. The normalized spacial score (nSPS) is 16.0. The van der Waals surface area contributed by atoms with Gasteiger partial charge in [0.1, 0.15) is 4.21 Å². The largest absolute Gasteiger partial charge is 0.336 e. The molecule has 0 radical (unpaired) electrons. The molecule has 0 saturated carbocycles. The van der Waals surface area contributed by atoms with E-state index in [4.69, 9.17) is 5.26 Å². The van der Waals surface area contributed by atoms with Gasteiger partial charge in [0.2, 0.25) is 5.91 Å². The van der Waals surface area contributed by atoms with Gasteiger partial charge in [-0.3, -0.25) is 4.79 Å². The number of amides is 1. The minimum Gasteiger partial charge on any atom is -0.336 e. The summed E-state index contributed by atoms with van der Waals surface area (Å²) in [4.78, 5) is 15.5. The molecule has 1 aliphatic rings. The number of sulfonamides is 1. The smallest absolute Gasteiger partial charge is 0.252 e. The Hall–Kier alpha value is -2.21. The zero-order valence-electron chi connectivity index (χ0n) is 17.4. The van der Waals surface area contributed by atoms with Crippen LogP contribution < -0.4 is 0 Å². The van der Waals surface area contributed by atoms with Crippen LogP contribution in [0, 0.1) is 11.3 Å². The van der Waals surface area contributed by atoms with Crippen molar-refractivity contribution in [3.05, 3.63) is 52.4 Å². The van der Waals surface area contributed by atoms with Crippen molar-refractivity contribution >= 4 is 27.3 Å². The molecule has 0 N–H and O–H groups in total. The summed E-state index contributed by atoms with van der Waals surface area (Å²) in [6, 6.07) is 12.6. The molecule has 2 heterocycles. The second kappa shape index (κ2) is 9.73. The molecule has 1 saturated heterocycles. The third-order valence-electron chi connectivity index (χ3n) is 5.52. The van der Waals surface area contributed by atoms with E-state index in [9.17, 15) is 13.2 Å². The lowest BCUT2D eigenvalue weighted by Crippen LogP contribution is -2.35. The predicted octanol–water partition coefficient (Wildman–Crippen LogP) is 3.95. The Morgan fingerprint density at radius 1 is 1.17 bits per heavy atom. The summed E-state index contributed by atoms with van der Waals surface area (Å²) in [5.41, 5.74) is 1.55. The molecule has 0 bridgehead atoms. The van der Waals surface area contributed by atoms with E-state index < -0.39 is 10.0 Å². The lowest BCUT2D eigenvalue weighted by atomic mass is 10.0. The number of carbonyl (C=O) groups excluding carboxylic acids is 1. The van der Waals surface area contributed by atoms with Crippen LogP contribution in [0.15, 0.2) is 40.6 Å². The maximum Gasteiger partial charge on any atom is 0.252 e. The number of hydrogen-bond donors (Lipinski definition) is 0. The molecule has 1 aromatic carbocycles. The molecule has 1 aromatic heterocycles. The van der Waals surface area contributed by atoms with Gasteiger partial charge in [0.05, 0.1) is 24.1 Å². The SMILES string of the molecule is CCN(C(=O)Cc1ccc(S(=O)(=O)N2CCCCC2)s1)C(C)c1ccc(C#N)cc1. The van der Waals surface area contributed by atoms with Crippen molar-refractivity contribution in [1.82, 2.24) is 9.21 Å². The van der Waals surface area contributed by atoms with Crippen LogP contribution in [0.25, 0.3) is 0 Å². The molecule has 1 amide bonds. The van der Waals surface area contributed by atoms with Gasteiger partial charge in [-0.25, -0.2) is 8.42 Å². The van der Waals surface area contributed by atoms with E-state index >= 15 is 0 Å². The average Bonchev–Trinajstić information content (AvgIpc) is 3.24. The molecule has 1 unspecified atom stereocenters. The highest BCUT2D eigenvalue weighted by molar-refractivity contribution is 7.91. The van der Waals surface area contributed by atoms with E-state index in [1.54, 1.807) is 33.5 Å². The van der Waals surface area contributed by atoms with Gasteiger partial charge in [-0.1, -0.05) is 18.6 Å². The molecule has 6 nitrogen and oxygen atoms in total. The summed E-state index contributed by atoms with van der Waals surface area (Å²) in [5.74, 6) is -0.0434. The van der Waals surface area contributed by atoms with E-state index in [2.05, 4.69) is 6.07 Å². The number of nitrogens with zero attached hydrogens (tertiary/aromatic N) is 3. The molecule has 0 spiro atoms. The van der Waals surface area contributed by atoms with E-state index in [0.29, 0.717) is 29.4 Å². The van der Waals surface area contributed by atoms with Crippen molar-refractivity contribution in [2.45, 2.75) is 49.8 Å². The first kappa shape index (κ1) is 22.5. The van der Waals surface area contributed by atoms with Crippen molar-refractivity contribution < 1.29 is 13.2 Å². The van der Waals surface area contributed by atoms with Gasteiger partial charge >= 0.3 is 0 Å². The summed E-state index contributed by atoms with van der Waals surface area (Å²) in [6.07, 6.45) is 3.04. The summed E-state index contributed by atoms with van der Waals surface area (Å²) in [5, 5.41) is 8.96. The molecule has 1 fully saturated rings. The van der Waals surface area contributed by atoms with Crippen LogP contribution in [0.4, 0.5) is 0 Å². The highest BCUT2D eigenvalue weighted by Crippen LogP contribution is 2.28. The first-order chi connectivity index (χ1) is 14.4. The van der Waals surface area contributed by atoms with Crippen LogP contribution in [0.5, 0.6) is 0 Å². The number of benzene rings is 1. The van der Waals surface area contributed by atoms with Crippen molar-refractivity contribution in [2.24, 2.45) is 0 Å². The monoisotopic (exact) mass is 445 g/mol. The van der Waals surface area contributed by atoms with Crippen LogP contribution in [-0.4, -0.2) is 43.2 Å². The third kappa shape index (κ3) is 4.91. The van der Waals surface area contributed by atoms with E-state index in [0.717, 1.165) is 29.7 Å². The number of piperidine rings is 1. The molecular weight excluding hydrogens is 418 g/mol. The Labute approximate surface area is 182 Å². The van der Waals surface area contributed by atoms with Crippen LogP contribution >= 0.6 is 11.3 Å². The maximum atomic E-state index is 13.0. The number of hydrogen-bond acceptors (Lipinski definition) is 5. The predicted molar refractivity (Wildman–Crippen MR) is 118 cm³/mol. The Kier molecular flexibility index (Phi) is 7.29. The lowest BCUT2D eigenvalue weighted by Gasteiger charge is -2.28. The van der Waals surface area contributed by atoms with E-state index in [1.807, 2.05) is 26.0 Å². The number of thiophene rings is 1. The Morgan fingerprint density at radius 3 is 2.43 bits per heavy atom. The molecule has 30 heavy (non-hydrogen) atoms. The number of rotatable bonds is 7. The zero-order valence-corrected chi connectivity index (χ0v) is 19.0. The minimum atomic E-state index is -3.47. The van der Waals surface area contributed by atoms with Gasteiger partial charge in [0.15, 0.2) is 0 Å². The second-order valence-electron chi connectivity index (χ2n) is 7.45. The topological polar surface area (TPSA) is 81.5 Å². The highest BCUT2D eigenvalue weighted by Gasteiger charge is 2.28. The molecule has 2 aromatic rings. The first-order valence-corrected chi connectivity index (χ1v) is 12.5. The fourth-order valence-electron chi connectivity index (χ4n) is 3.76. The van der Waals surface area contributed by atoms with E-state index in [-0.39, 0.29) is 18.4 Å². The summed E-state index contributed by atoms with van der Waals surface area (Å²) >= 11 is 1.19. The summed E-state index contributed by atoms with van der Waals surface area (Å²) in [7, 11) is -3.47. The van der Waals surface area contributed by atoms with Crippen LogP contribution in [0.3, 0.4) is 0 Å².